The molecule has 0 bridgehead atoms. The van der Waals surface area contributed by atoms with E-state index in [0.29, 0.717) is 12.2 Å². The fraction of sp³-hybridized carbons (Fsp3) is 0.368. The van der Waals surface area contributed by atoms with Crippen LogP contribution in [0.25, 0.3) is 5.65 Å². The minimum atomic E-state index is -0.136. The van der Waals surface area contributed by atoms with Crippen LogP contribution in [0, 0.1) is 0 Å². The van der Waals surface area contributed by atoms with Gasteiger partial charge in [-0.2, -0.15) is 4.52 Å². The van der Waals surface area contributed by atoms with Crippen LogP contribution in [-0.2, 0) is 6.42 Å². The van der Waals surface area contributed by atoms with E-state index >= 15 is 0 Å². The maximum Gasteiger partial charge on any atom is 0.315 e. The van der Waals surface area contributed by atoms with Crippen LogP contribution in [0.15, 0.2) is 42.7 Å². The quantitative estimate of drug-likeness (QED) is 0.667. The predicted molar refractivity (Wildman–Crippen MR) is 105 cm³/mol. The number of rotatable bonds is 6. The smallest absolute Gasteiger partial charge is 0.315 e. The van der Waals surface area contributed by atoms with Crippen molar-refractivity contribution in [3.05, 3.63) is 48.3 Å². The molecule has 0 unspecified atom stereocenters. The van der Waals surface area contributed by atoms with E-state index in [-0.39, 0.29) is 12.1 Å². The predicted octanol–water partition coefficient (Wildman–Crippen LogP) is 1.25. The molecule has 9 heteroatoms. The van der Waals surface area contributed by atoms with Crippen molar-refractivity contribution in [1.29, 1.82) is 0 Å². The number of hydrogen-bond donors (Lipinski definition) is 2. The van der Waals surface area contributed by atoms with Crippen molar-refractivity contribution < 1.29 is 9.53 Å². The summed E-state index contributed by atoms with van der Waals surface area (Å²) in [5, 5.41) is 18.3. The third kappa shape index (κ3) is 4.13. The van der Waals surface area contributed by atoms with Gasteiger partial charge in [-0.3, -0.25) is 0 Å². The van der Waals surface area contributed by atoms with Gasteiger partial charge in [0.2, 0.25) is 0 Å². The largest absolute Gasteiger partial charge is 0.497 e. The van der Waals surface area contributed by atoms with Crippen molar-refractivity contribution in [2.75, 3.05) is 31.6 Å². The monoisotopic (exact) mass is 381 g/mol. The number of urea groups is 1. The summed E-state index contributed by atoms with van der Waals surface area (Å²) >= 11 is 0. The van der Waals surface area contributed by atoms with Gasteiger partial charge in [0.05, 0.1) is 7.11 Å². The zero-order valence-electron chi connectivity index (χ0n) is 15.7. The molecule has 2 aromatic heterocycles. The molecule has 1 saturated heterocycles. The Balaban J connectivity index is 1.22. The summed E-state index contributed by atoms with van der Waals surface area (Å²) in [6, 6.07) is 11.6. The molecule has 4 rings (SSSR count). The van der Waals surface area contributed by atoms with Crippen LogP contribution >= 0.6 is 0 Å². The van der Waals surface area contributed by atoms with E-state index < -0.39 is 0 Å². The third-order valence-corrected chi connectivity index (χ3v) is 4.85. The highest BCUT2D eigenvalue weighted by Gasteiger charge is 2.25. The highest BCUT2D eigenvalue weighted by atomic mass is 16.5. The van der Waals surface area contributed by atoms with Gasteiger partial charge >= 0.3 is 6.03 Å². The summed E-state index contributed by atoms with van der Waals surface area (Å²) in [6.45, 7) is 2.16. The van der Waals surface area contributed by atoms with Crippen LogP contribution in [0.1, 0.15) is 12.0 Å². The molecular weight excluding hydrogens is 358 g/mol. The summed E-state index contributed by atoms with van der Waals surface area (Å²) in [7, 11) is 1.65. The highest BCUT2D eigenvalue weighted by molar-refractivity contribution is 5.74. The van der Waals surface area contributed by atoms with E-state index in [0.717, 1.165) is 43.1 Å². The number of amides is 2. The zero-order valence-corrected chi connectivity index (χ0v) is 15.7. The van der Waals surface area contributed by atoms with Gasteiger partial charge in [-0.05, 0) is 42.7 Å². The maximum absolute atomic E-state index is 12.2. The molecule has 28 heavy (non-hydrogen) atoms. The maximum atomic E-state index is 12.2. The van der Waals surface area contributed by atoms with Crippen molar-refractivity contribution in [3.8, 4) is 5.75 Å². The van der Waals surface area contributed by atoms with Crippen molar-refractivity contribution in [3.63, 3.8) is 0 Å². The Bertz CT molecular complexity index is 941. The SMILES string of the molecule is COc1ccc(CCNC(=O)N[C@@H]2CCN(c3ccc4nncn4n3)C2)cc1. The number of nitrogens with one attached hydrogen (secondary N) is 2. The lowest BCUT2D eigenvalue weighted by Gasteiger charge is -2.18. The van der Waals surface area contributed by atoms with Gasteiger partial charge in [0.25, 0.3) is 0 Å². The molecule has 0 spiro atoms. The molecular formula is C19H23N7O2. The molecule has 146 valence electrons. The lowest BCUT2D eigenvalue weighted by atomic mass is 10.1. The number of nitrogens with zero attached hydrogens (tertiary/aromatic N) is 5. The minimum Gasteiger partial charge on any atom is -0.497 e. The Kier molecular flexibility index (Phi) is 5.22. The number of methoxy groups -OCH3 is 1. The van der Waals surface area contributed by atoms with Crippen molar-refractivity contribution in [1.82, 2.24) is 30.4 Å². The molecule has 1 atom stereocenters. The molecule has 0 radical (unpaired) electrons. The van der Waals surface area contributed by atoms with Gasteiger partial charge in [0.15, 0.2) is 5.65 Å². The first-order valence-electron chi connectivity index (χ1n) is 9.30. The first-order valence-corrected chi connectivity index (χ1v) is 9.30. The van der Waals surface area contributed by atoms with Gasteiger partial charge in [0.1, 0.15) is 17.9 Å². The van der Waals surface area contributed by atoms with Crippen LogP contribution in [-0.4, -0.2) is 58.6 Å². The Hall–Kier alpha value is -3.36. The van der Waals surface area contributed by atoms with Gasteiger partial charge in [-0.25, -0.2) is 4.79 Å². The summed E-state index contributed by atoms with van der Waals surface area (Å²) in [4.78, 5) is 14.3. The summed E-state index contributed by atoms with van der Waals surface area (Å²) in [6.07, 6.45) is 3.24. The third-order valence-electron chi connectivity index (χ3n) is 4.85. The van der Waals surface area contributed by atoms with E-state index in [1.165, 1.54) is 0 Å². The van der Waals surface area contributed by atoms with Gasteiger partial charge in [0, 0.05) is 25.7 Å². The minimum absolute atomic E-state index is 0.0967. The van der Waals surface area contributed by atoms with Crippen molar-refractivity contribution >= 4 is 17.5 Å². The molecule has 0 aliphatic carbocycles. The lowest BCUT2D eigenvalue weighted by Crippen LogP contribution is -2.44. The molecule has 9 nitrogen and oxygen atoms in total. The van der Waals surface area contributed by atoms with Crippen LogP contribution in [0.5, 0.6) is 5.75 Å². The number of carbonyl (C=O) groups is 1. The van der Waals surface area contributed by atoms with E-state index in [2.05, 4.69) is 30.8 Å². The van der Waals surface area contributed by atoms with E-state index in [4.69, 9.17) is 4.74 Å². The normalized spacial score (nSPS) is 16.3. The van der Waals surface area contributed by atoms with Gasteiger partial charge in [-0.15, -0.1) is 15.3 Å². The summed E-state index contributed by atoms with van der Waals surface area (Å²) < 4.78 is 6.80. The Morgan fingerprint density at radius 2 is 2.11 bits per heavy atom. The van der Waals surface area contributed by atoms with Crippen LogP contribution < -0.4 is 20.3 Å². The first-order chi connectivity index (χ1) is 13.7. The zero-order chi connectivity index (χ0) is 19.3. The van der Waals surface area contributed by atoms with Crippen LogP contribution in [0.2, 0.25) is 0 Å². The standard InChI is InChI=1S/C19H23N7O2/c1-28-16-4-2-14(3-5-16)8-10-20-19(27)22-15-9-11-25(12-15)18-7-6-17-23-21-13-26(17)24-18/h2-7,13,15H,8-12H2,1H3,(H2,20,22,27)/t15-/m1/s1. The molecule has 0 saturated carbocycles. The lowest BCUT2D eigenvalue weighted by molar-refractivity contribution is 0.238. The molecule has 3 aromatic rings. The van der Waals surface area contributed by atoms with Gasteiger partial charge < -0.3 is 20.3 Å². The highest BCUT2D eigenvalue weighted by Crippen LogP contribution is 2.18. The number of ether oxygens (including phenoxy) is 1. The number of fused-ring (bicyclic) bond motifs is 1. The second kappa shape index (κ2) is 8.12. The van der Waals surface area contributed by atoms with Gasteiger partial charge in [-0.1, -0.05) is 12.1 Å². The molecule has 2 N–H and O–H groups in total. The number of benzene rings is 1. The Morgan fingerprint density at radius 3 is 2.93 bits per heavy atom. The second-order valence-electron chi connectivity index (χ2n) is 6.76. The second-order valence-corrected chi connectivity index (χ2v) is 6.76. The van der Waals surface area contributed by atoms with Crippen molar-refractivity contribution in [2.24, 2.45) is 0 Å². The molecule has 1 aromatic carbocycles. The first kappa shape index (κ1) is 18.0. The summed E-state index contributed by atoms with van der Waals surface area (Å²) in [5.41, 5.74) is 1.87. The number of anilines is 1. The fourth-order valence-corrected chi connectivity index (χ4v) is 3.32. The molecule has 1 aliphatic heterocycles. The Labute approximate surface area is 162 Å². The Morgan fingerprint density at radius 1 is 1.25 bits per heavy atom. The number of aromatic nitrogens is 4. The summed E-state index contributed by atoms with van der Waals surface area (Å²) in [5.74, 6) is 1.69. The van der Waals surface area contributed by atoms with E-state index in [9.17, 15) is 4.79 Å². The average molecular weight is 381 g/mol. The number of hydrogen-bond acceptors (Lipinski definition) is 6. The average Bonchev–Trinajstić information content (AvgIpc) is 3.37. The fourth-order valence-electron chi connectivity index (χ4n) is 3.32. The molecule has 2 amide bonds. The number of carbonyl (C=O) groups excluding carboxylic acids is 1. The topological polar surface area (TPSA) is 96.7 Å². The molecule has 1 fully saturated rings. The van der Waals surface area contributed by atoms with E-state index in [1.54, 1.807) is 18.0 Å². The van der Waals surface area contributed by atoms with Crippen LogP contribution in [0.3, 0.4) is 0 Å². The molecule has 3 heterocycles. The van der Waals surface area contributed by atoms with Crippen LogP contribution in [0.4, 0.5) is 10.6 Å². The molecule has 1 aliphatic rings. The van der Waals surface area contributed by atoms with Crippen molar-refractivity contribution in [2.45, 2.75) is 18.9 Å². The van der Waals surface area contributed by atoms with E-state index in [1.807, 2.05) is 36.4 Å².